The van der Waals surface area contributed by atoms with Crippen LogP contribution in [-0.2, 0) is 16.1 Å². The first-order chi connectivity index (χ1) is 9.69. The smallest absolute Gasteiger partial charge is 0.343 e. The third kappa shape index (κ3) is 4.03. The molecule has 0 amide bonds. The van der Waals surface area contributed by atoms with E-state index < -0.39 is 5.97 Å². The molecule has 0 aliphatic rings. The van der Waals surface area contributed by atoms with E-state index in [-0.39, 0.29) is 6.61 Å². The van der Waals surface area contributed by atoms with Crippen LogP contribution in [0.15, 0.2) is 45.5 Å². The van der Waals surface area contributed by atoms with Crippen LogP contribution in [0.1, 0.15) is 5.76 Å². The Bertz CT molecular complexity index is 565. The number of benzene rings is 1. The second kappa shape index (κ2) is 7.00. The lowest BCUT2D eigenvalue weighted by atomic mass is 10.3. The molecule has 0 unspecified atom stereocenters. The number of anilines is 1. The number of carbonyl (C=O) groups excluding carboxylic acids is 1. The standard InChI is InChI=1S/C14H14BrNO4/c1-18-14(17)9-20-11-4-2-10(3-5-11)16-8-13-12(15)6-7-19-13/h2-7,16H,8-9H2,1H3. The van der Waals surface area contributed by atoms with Crippen molar-refractivity contribution in [2.24, 2.45) is 0 Å². The number of hydrogen-bond donors (Lipinski definition) is 1. The third-order valence-electron chi connectivity index (χ3n) is 2.58. The highest BCUT2D eigenvalue weighted by atomic mass is 79.9. The maximum Gasteiger partial charge on any atom is 0.343 e. The van der Waals surface area contributed by atoms with Crippen LogP contribution in [0.4, 0.5) is 5.69 Å². The molecule has 1 aromatic carbocycles. The highest BCUT2D eigenvalue weighted by Crippen LogP contribution is 2.20. The summed E-state index contributed by atoms with van der Waals surface area (Å²) in [6.07, 6.45) is 1.63. The van der Waals surface area contributed by atoms with Crippen molar-refractivity contribution in [3.8, 4) is 5.75 Å². The second-order valence-corrected chi connectivity index (χ2v) is 4.79. The minimum atomic E-state index is -0.408. The van der Waals surface area contributed by atoms with E-state index in [4.69, 9.17) is 9.15 Å². The summed E-state index contributed by atoms with van der Waals surface area (Å²) in [7, 11) is 1.32. The van der Waals surface area contributed by atoms with Gasteiger partial charge in [0.05, 0.1) is 24.4 Å². The number of carbonyl (C=O) groups is 1. The van der Waals surface area contributed by atoms with Crippen LogP contribution in [0.5, 0.6) is 5.75 Å². The SMILES string of the molecule is COC(=O)COc1ccc(NCc2occc2Br)cc1. The molecule has 106 valence electrons. The van der Waals surface area contributed by atoms with Gasteiger partial charge in [0.15, 0.2) is 6.61 Å². The molecule has 1 aromatic heterocycles. The normalized spacial score (nSPS) is 10.1. The average molecular weight is 340 g/mol. The molecule has 0 saturated carbocycles. The Balaban J connectivity index is 1.85. The van der Waals surface area contributed by atoms with Crippen molar-refractivity contribution in [1.29, 1.82) is 0 Å². The molecule has 2 rings (SSSR count). The molecule has 0 aliphatic heterocycles. The maximum atomic E-state index is 10.9. The minimum absolute atomic E-state index is 0.0946. The Morgan fingerprint density at radius 2 is 2.05 bits per heavy atom. The molecule has 0 saturated heterocycles. The Morgan fingerprint density at radius 1 is 1.30 bits per heavy atom. The topological polar surface area (TPSA) is 60.7 Å². The Morgan fingerprint density at radius 3 is 2.65 bits per heavy atom. The lowest BCUT2D eigenvalue weighted by molar-refractivity contribution is -0.142. The van der Waals surface area contributed by atoms with Gasteiger partial charge in [-0.1, -0.05) is 0 Å². The van der Waals surface area contributed by atoms with Crippen molar-refractivity contribution in [1.82, 2.24) is 0 Å². The van der Waals surface area contributed by atoms with E-state index in [0.717, 1.165) is 15.9 Å². The lowest BCUT2D eigenvalue weighted by Crippen LogP contribution is -2.12. The molecule has 1 N–H and O–H groups in total. The number of halogens is 1. The number of hydrogen-bond acceptors (Lipinski definition) is 5. The van der Waals surface area contributed by atoms with E-state index in [1.807, 2.05) is 18.2 Å². The highest BCUT2D eigenvalue weighted by molar-refractivity contribution is 9.10. The monoisotopic (exact) mass is 339 g/mol. The highest BCUT2D eigenvalue weighted by Gasteiger charge is 2.04. The molecule has 0 fully saturated rings. The summed E-state index contributed by atoms with van der Waals surface area (Å²) in [4.78, 5) is 10.9. The lowest BCUT2D eigenvalue weighted by Gasteiger charge is -2.07. The molecular formula is C14H14BrNO4. The Kier molecular flexibility index (Phi) is 5.06. The van der Waals surface area contributed by atoms with Crippen LogP contribution in [0.25, 0.3) is 0 Å². The molecule has 0 bridgehead atoms. The fraction of sp³-hybridized carbons (Fsp3) is 0.214. The van der Waals surface area contributed by atoms with E-state index in [2.05, 4.69) is 26.0 Å². The average Bonchev–Trinajstić information content (AvgIpc) is 2.89. The van der Waals surface area contributed by atoms with Gasteiger partial charge in [-0.15, -0.1) is 0 Å². The van der Waals surface area contributed by atoms with Gasteiger partial charge in [0.25, 0.3) is 0 Å². The fourth-order valence-electron chi connectivity index (χ4n) is 1.50. The molecule has 0 aliphatic carbocycles. The van der Waals surface area contributed by atoms with Gasteiger partial charge in [0.2, 0.25) is 0 Å². The molecule has 0 atom stereocenters. The fourth-order valence-corrected chi connectivity index (χ4v) is 1.85. The largest absolute Gasteiger partial charge is 0.482 e. The number of furan rings is 1. The molecular weight excluding hydrogens is 326 g/mol. The van der Waals surface area contributed by atoms with Crippen LogP contribution in [0, 0.1) is 0 Å². The van der Waals surface area contributed by atoms with Gasteiger partial charge in [-0.25, -0.2) is 4.79 Å². The van der Waals surface area contributed by atoms with Crippen molar-refractivity contribution in [3.05, 3.63) is 46.8 Å². The van der Waals surface area contributed by atoms with Crippen molar-refractivity contribution < 1.29 is 18.7 Å². The summed E-state index contributed by atoms with van der Waals surface area (Å²) in [5, 5.41) is 3.22. The predicted molar refractivity (Wildman–Crippen MR) is 77.7 cm³/mol. The number of ether oxygens (including phenoxy) is 2. The van der Waals surface area contributed by atoms with Gasteiger partial charge in [0, 0.05) is 5.69 Å². The Hall–Kier alpha value is -1.95. The van der Waals surface area contributed by atoms with Gasteiger partial charge >= 0.3 is 5.97 Å². The molecule has 0 spiro atoms. The molecule has 1 heterocycles. The van der Waals surface area contributed by atoms with E-state index in [1.165, 1.54) is 7.11 Å². The van der Waals surface area contributed by atoms with Crippen LogP contribution in [0.2, 0.25) is 0 Å². The van der Waals surface area contributed by atoms with Gasteiger partial charge in [-0.2, -0.15) is 0 Å². The van der Waals surface area contributed by atoms with Crippen LogP contribution in [-0.4, -0.2) is 19.7 Å². The summed E-state index contributed by atoms with van der Waals surface area (Å²) >= 11 is 3.39. The van der Waals surface area contributed by atoms with E-state index in [9.17, 15) is 4.79 Å². The first kappa shape index (κ1) is 14.5. The minimum Gasteiger partial charge on any atom is -0.482 e. The van der Waals surface area contributed by atoms with Crippen molar-refractivity contribution >= 4 is 27.6 Å². The third-order valence-corrected chi connectivity index (χ3v) is 3.29. The summed E-state index contributed by atoms with van der Waals surface area (Å²) < 4.78 is 16.0. The first-order valence-corrected chi connectivity index (χ1v) is 6.74. The van der Waals surface area contributed by atoms with Crippen molar-refractivity contribution in [2.45, 2.75) is 6.54 Å². The number of methoxy groups -OCH3 is 1. The van der Waals surface area contributed by atoms with Gasteiger partial charge in [-0.05, 0) is 46.3 Å². The predicted octanol–water partition coefficient (Wildman–Crippen LogP) is 3.21. The number of nitrogens with one attached hydrogen (secondary N) is 1. The summed E-state index contributed by atoms with van der Waals surface area (Å²) in [6.45, 7) is 0.485. The Labute approximate surface area is 125 Å². The number of esters is 1. The first-order valence-electron chi connectivity index (χ1n) is 5.94. The van der Waals surface area contributed by atoms with Crippen LogP contribution < -0.4 is 10.1 Å². The van der Waals surface area contributed by atoms with Crippen LogP contribution in [0.3, 0.4) is 0 Å². The summed E-state index contributed by atoms with van der Waals surface area (Å²) in [5.74, 6) is 1.03. The molecule has 6 heteroatoms. The molecule has 20 heavy (non-hydrogen) atoms. The van der Waals surface area contributed by atoms with E-state index >= 15 is 0 Å². The zero-order valence-electron chi connectivity index (χ0n) is 10.9. The molecule has 0 radical (unpaired) electrons. The quantitative estimate of drug-likeness (QED) is 0.819. The van der Waals surface area contributed by atoms with Crippen molar-refractivity contribution in [2.75, 3.05) is 19.0 Å². The summed E-state index contributed by atoms with van der Waals surface area (Å²) in [6, 6.07) is 9.14. The van der Waals surface area contributed by atoms with E-state index in [0.29, 0.717) is 12.3 Å². The van der Waals surface area contributed by atoms with Gasteiger partial charge < -0.3 is 19.2 Å². The molecule has 5 nitrogen and oxygen atoms in total. The molecule has 2 aromatic rings. The van der Waals surface area contributed by atoms with Gasteiger partial charge in [0.1, 0.15) is 11.5 Å². The van der Waals surface area contributed by atoms with Crippen molar-refractivity contribution in [3.63, 3.8) is 0 Å². The van der Waals surface area contributed by atoms with E-state index in [1.54, 1.807) is 18.4 Å². The summed E-state index contributed by atoms with van der Waals surface area (Å²) in [5.41, 5.74) is 0.929. The zero-order valence-corrected chi connectivity index (χ0v) is 12.5. The van der Waals surface area contributed by atoms with Crippen LogP contribution >= 0.6 is 15.9 Å². The second-order valence-electron chi connectivity index (χ2n) is 3.93. The zero-order chi connectivity index (χ0) is 14.4. The number of rotatable bonds is 6. The van der Waals surface area contributed by atoms with Gasteiger partial charge in [-0.3, -0.25) is 0 Å². The maximum absolute atomic E-state index is 10.9.